The number of methoxy groups -OCH3 is 1. The van der Waals surface area contributed by atoms with E-state index in [1.54, 1.807) is 26.3 Å². The molecule has 3 rings (SSSR count). The Morgan fingerprint density at radius 2 is 1.64 bits per heavy atom. The number of ether oxygens (including phenoxy) is 1. The summed E-state index contributed by atoms with van der Waals surface area (Å²) in [7, 11) is 4.68. The molecule has 0 aliphatic carbocycles. The molecule has 0 aliphatic rings. The van der Waals surface area contributed by atoms with Gasteiger partial charge < -0.3 is 4.74 Å². The number of nitrogens with zero attached hydrogens (tertiary/aromatic N) is 3. The fourth-order valence-electron chi connectivity index (χ4n) is 2.38. The molecule has 0 saturated heterocycles. The van der Waals surface area contributed by atoms with Gasteiger partial charge in [-0.3, -0.25) is 13.9 Å². The summed E-state index contributed by atoms with van der Waals surface area (Å²) in [4.78, 5) is 28.6. The molecule has 0 unspecified atom stereocenters. The first-order valence-corrected chi connectivity index (χ1v) is 6.74. The van der Waals surface area contributed by atoms with Gasteiger partial charge in [-0.2, -0.15) is 0 Å². The van der Waals surface area contributed by atoms with E-state index in [9.17, 15) is 9.59 Å². The molecule has 22 heavy (non-hydrogen) atoms. The van der Waals surface area contributed by atoms with E-state index in [0.29, 0.717) is 11.2 Å². The third-order valence-corrected chi connectivity index (χ3v) is 3.70. The van der Waals surface area contributed by atoms with Gasteiger partial charge in [0.2, 0.25) is 0 Å². The van der Waals surface area contributed by atoms with Crippen molar-refractivity contribution in [1.82, 2.24) is 14.1 Å². The summed E-state index contributed by atoms with van der Waals surface area (Å²) in [5.41, 5.74) is 1.58. The first kappa shape index (κ1) is 14.1. The van der Waals surface area contributed by atoms with E-state index in [-0.39, 0.29) is 11.2 Å². The van der Waals surface area contributed by atoms with Crippen molar-refractivity contribution in [3.8, 4) is 17.0 Å². The van der Waals surface area contributed by atoms with Crippen molar-refractivity contribution in [3.05, 3.63) is 57.2 Å². The first-order chi connectivity index (χ1) is 10.5. The third kappa shape index (κ3) is 2.09. The first-order valence-electron chi connectivity index (χ1n) is 6.74. The normalized spacial score (nSPS) is 10.9. The molecule has 0 amide bonds. The largest absolute Gasteiger partial charge is 0.497 e. The summed E-state index contributed by atoms with van der Waals surface area (Å²) in [6.45, 7) is 0. The van der Waals surface area contributed by atoms with E-state index in [1.807, 2.05) is 24.3 Å². The van der Waals surface area contributed by atoms with Crippen molar-refractivity contribution in [1.29, 1.82) is 0 Å². The molecule has 112 valence electrons. The van der Waals surface area contributed by atoms with Crippen LogP contribution in [-0.4, -0.2) is 21.2 Å². The topological polar surface area (TPSA) is 66.1 Å². The van der Waals surface area contributed by atoms with Gasteiger partial charge in [0.15, 0.2) is 5.52 Å². The van der Waals surface area contributed by atoms with E-state index in [1.165, 1.54) is 11.6 Å². The van der Waals surface area contributed by atoms with Crippen LogP contribution in [0, 0.1) is 0 Å². The van der Waals surface area contributed by atoms with E-state index < -0.39 is 5.56 Å². The molecule has 6 heteroatoms. The van der Waals surface area contributed by atoms with Crippen LogP contribution in [0.3, 0.4) is 0 Å². The minimum Gasteiger partial charge on any atom is -0.497 e. The summed E-state index contributed by atoms with van der Waals surface area (Å²) >= 11 is 0. The van der Waals surface area contributed by atoms with Crippen molar-refractivity contribution in [2.75, 3.05) is 7.11 Å². The molecular weight excluding hydrogens is 282 g/mol. The van der Waals surface area contributed by atoms with Crippen molar-refractivity contribution >= 4 is 11.0 Å². The third-order valence-electron chi connectivity index (χ3n) is 3.70. The quantitative estimate of drug-likeness (QED) is 0.715. The Balaban J connectivity index is 2.25. The molecular formula is C16H15N3O3. The van der Waals surface area contributed by atoms with Gasteiger partial charge in [-0.1, -0.05) is 0 Å². The zero-order valence-electron chi connectivity index (χ0n) is 12.5. The summed E-state index contributed by atoms with van der Waals surface area (Å²) in [6.07, 6.45) is 0. The highest BCUT2D eigenvalue weighted by atomic mass is 16.5. The zero-order valence-corrected chi connectivity index (χ0v) is 12.5. The maximum atomic E-state index is 12.3. The second-order valence-corrected chi connectivity index (χ2v) is 5.00. The molecule has 0 bridgehead atoms. The number of aryl methyl sites for hydroxylation is 1. The lowest BCUT2D eigenvalue weighted by molar-refractivity contribution is 0.415. The number of pyridine rings is 1. The molecule has 1 aromatic carbocycles. The SMILES string of the molecule is COc1ccc(-c2ccc3c(n2)c(=O)n(C)c(=O)n3C)cc1. The Labute approximate surface area is 126 Å². The molecule has 2 heterocycles. The maximum Gasteiger partial charge on any atom is 0.331 e. The van der Waals surface area contributed by atoms with Crippen LogP contribution in [-0.2, 0) is 14.1 Å². The summed E-state index contributed by atoms with van der Waals surface area (Å²) < 4.78 is 7.61. The zero-order chi connectivity index (χ0) is 15.9. The minimum atomic E-state index is -0.395. The van der Waals surface area contributed by atoms with Gasteiger partial charge in [-0.05, 0) is 36.4 Å². The van der Waals surface area contributed by atoms with Crippen molar-refractivity contribution in [2.45, 2.75) is 0 Å². The fraction of sp³-hybridized carbons (Fsp3) is 0.188. The van der Waals surface area contributed by atoms with Crippen molar-refractivity contribution in [2.24, 2.45) is 14.1 Å². The van der Waals surface area contributed by atoms with Crippen LogP contribution in [0.25, 0.3) is 22.3 Å². The van der Waals surface area contributed by atoms with Gasteiger partial charge in [-0.15, -0.1) is 0 Å². The smallest absolute Gasteiger partial charge is 0.331 e. The molecule has 0 radical (unpaired) electrons. The maximum absolute atomic E-state index is 12.3. The van der Waals surface area contributed by atoms with E-state index >= 15 is 0 Å². The fourth-order valence-corrected chi connectivity index (χ4v) is 2.38. The number of hydrogen-bond acceptors (Lipinski definition) is 4. The van der Waals surface area contributed by atoms with Crippen LogP contribution in [0.2, 0.25) is 0 Å². The molecule has 0 spiro atoms. The summed E-state index contributed by atoms with van der Waals surface area (Å²) in [5, 5.41) is 0. The van der Waals surface area contributed by atoms with Gasteiger partial charge in [0, 0.05) is 19.7 Å². The molecule has 0 N–H and O–H groups in total. The molecule has 6 nitrogen and oxygen atoms in total. The second-order valence-electron chi connectivity index (χ2n) is 5.00. The Bertz CT molecular complexity index is 969. The minimum absolute atomic E-state index is 0.276. The van der Waals surface area contributed by atoms with Gasteiger partial charge >= 0.3 is 5.69 Å². The monoisotopic (exact) mass is 297 g/mol. The van der Waals surface area contributed by atoms with Crippen LogP contribution in [0.4, 0.5) is 0 Å². The lowest BCUT2D eigenvalue weighted by atomic mass is 10.1. The average molecular weight is 297 g/mol. The number of aromatic nitrogens is 3. The predicted octanol–water partition coefficient (Wildman–Crippen LogP) is 1.31. The highest BCUT2D eigenvalue weighted by molar-refractivity contribution is 5.77. The molecule has 0 atom stereocenters. The molecule has 0 saturated carbocycles. The average Bonchev–Trinajstić information content (AvgIpc) is 2.57. The van der Waals surface area contributed by atoms with Crippen LogP contribution >= 0.6 is 0 Å². The summed E-state index contributed by atoms with van der Waals surface area (Å²) in [6, 6.07) is 11.0. The van der Waals surface area contributed by atoms with E-state index in [0.717, 1.165) is 15.9 Å². The number of benzene rings is 1. The molecule has 2 aromatic heterocycles. The lowest BCUT2D eigenvalue weighted by Gasteiger charge is -2.08. The molecule has 3 aromatic rings. The van der Waals surface area contributed by atoms with Crippen LogP contribution in [0.15, 0.2) is 46.0 Å². The Kier molecular flexibility index (Phi) is 3.29. The lowest BCUT2D eigenvalue weighted by Crippen LogP contribution is -2.37. The van der Waals surface area contributed by atoms with Crippen LogP contribution in [0.1, 0.15) is 0 Å². The van der Waals surface area contributed by atoms with Crippen LogP contribution in [0.5, 0.6) is 5.75 Å². The van der Waals surface area contributed by atoms with Gasteiger partial charge in [0.05, 0.1) is 18.3 Å². The number of rotatable bonds is 2. The van der Waals surface area contributed by atoms with Crippen molar-refractivity contribution in [3.63, 3.8) is 0 Å². The standard InChI is InChI=1S/C16H15N3O3/c1-18-13-9-8-12(10-4-6-11(22-3)7-5-10)17-14(13)15(20)19(2)16(18)21/h4-9H,1-3H3. The number of fused-ring (bicyclic) bond motifs is 1. The highest BCUT2D eigenvalue weighted by Gasteiger charge is 2.11. The van der Waals surface area contributed by atoms with E-state index in [4.69, 9.17) is 4.74 Å². The van der Waals surface area contributed by atoms with Gasteiger partial charge in [0.25, 0.3) is 5.56 Å². The second kappa shape index (κ2) is 5.14. The van der Waals surface area contributed by atoms with Gasteiger partial charge in [0.1, 0.15) is 5.75 Å². The Hall–Kier alpha value is -2.89. The molecule has 0 aliphatic heterocycles. The Morgan fingerprint density at radius 1 is 0.955 bits per heavy atom. The van der Waals surface area contributed by atoms with Crippen LogP contribution < -0.4 is 16.0 Å². The van der Waals surface area contributed by atoms with Crippen molar-refractivity contribution < 1.29 is 4.74 Å². The van der Waals surface area contributed by atoms with Gasteiger partial charge in [-0.25, -0.2) is 9.78 Å². The summed E-state index contributed by atoms with van der Waals surface area (Å²) in [5.74, 6) is 0.753. The Morgan fingerprint density at radius 3 is 2.27 bits per heavy atom. The number of hydrogen-bond donors (Lipinski definition) is 0. The molecule has 0 fully saturated rings. The van der Waals surface area contributed by atoms with E-state index in [2.05, 4.69) is 4.98 Å². The highest BCUT2D eigenvalue weighted by Crippen LogP contribution is 2.21. The predicted molar refractivity (Wildman–Crippen MR) is 84.2 cm³/mol.